The molecule has 0 unspecified atom stereocenters. The van der Waals surface area contributed by atoms with Crippen molar-refractivity contribution in [3.8, 4) is 5.75 Å². The van der Waals surface area contributed by atoms with Crippen LogP contribution in [0.15, 0.2) is 18.2 Å². The Morgan fingerprint density at radius 2 is 1.94 bits per heavy atom. The first-order valence-corrected chi connectivity index (χ1v) is 6.68. The molecule has 0 saturated heterocycles. The van der Waals surface area contributed by atoms with Gasteiger partial charge in [-0.3, -0.25) is 0 Å². The van der Waals surface area contributed by atoms with Crippen LogP contribution in [0, 0.1) is 0 Å². The summed E-state index contributed by atoms with van der Waals surface area (Å²) in [7, 11) is 0. The number of rotatable bonds is 3. The maximum atomic E-state index is 10.6. The van der Waals surface area contributed by atoms with Crippen molar-refractivity contribution in [3.05, 3.63) is 28.8 Å². The van der Waals surface area contributed by atoms with Crippen LogP contribution in [0.25, 0.3) is 0 Å². The molecule has 1 saturated carbocycles. The summed E-state index contributed by atoms with van der Waals surface area (Å²) in [4.78, 5) is 0. The van der Waals surface area contributed by atoms with Gasteiger partial charge in [0.05, 0.1) is 12.2 Å². The number of hydrogen-bond donors (Lipinski definition) is 1. The molecule has 94 valence electrons. The van der Waals surface area contributed by atoms with Gasteiger partial charge in [-0.15, -0.1) is 0 Å². The van der Waals surface area contributed by atoms with Gasteiger partial charge in [0, 0.05) is 5.02 Å². The van der Waals surface area contributed by atoms with Gasteiger partial charge in [0.25, 0.3) is 0 Å². The largest absolute Gasteiger partial charge is 0.494 e. The molecule has 0 bridgehead atoms. The molecule has 17 heavy (non-hydrogen) atoms. The van der Waals surface area contributed by atoms with Crippen molar-refractivity contribution in [1.82, 2.24) is 0 Å². The van der Waals surface area contributed by atoms with Gasteiger partial charge >= 0.3 is 0 Å². The van der Waals surface area contributed by atoms with Crippen molar-refractivity contribution in [2.45, 2.75) is 44.6 Å². The van der Waals surface area contributed by atoms with Crippen LogP contribution in [-0.4, -0.2) is 11.7 Å². The molecular weight excluding hydrogens is 236 g/mol. The Bertz CT molecular complexity index is 384. The molecule has 2 nitrogen and oxygen atoms in total. The van der Waals surface area contributed by atoms with Crippen molar-refractivity contribution >= 4 is 11.6 Å². The van der Waals surface area contributed by atoms with Gasteiger partial charge in [0.1, 0.15) is 5.75 Å². The summed E-state index contributed by atoms with van der Waals surface area (Å²) in [6.45, 7) is 2.55. The molecule has 1 aromatic carbocycles. The molecule has 0 aliphatic heterocycles. The zero-order valence-electron chi connectivity index (χ0n) is 10.2. The van der Waals surface area contributed by atoms with Gasteiger partial charge in [-0.1, -0.05) is 30.9 Å². The zero-order chi connectivity index (χ0) is 12.3. The fourth-order valence-corrected chi connectivity index (χ4v) is 2.73. The molecule has 0 heterocycles. The normalized spacial score (nSPS) is 19.0. The fourth-order valence-electron chi connectivity index (χ4n) is 2.51. The third-order valence-electron chi connectivity index (χ3n) is 3.40. The smallest absolute Gasteiger partial charge is 0.121 e. The van der Waals surface area contributed by atoms with Crippen LogP contribution in [0.5, 0.6) is 5.75 Å². The van der Waals surface area contributed by atoms with E-state index in [1.54, 1.807) is 6.07 Å². The van der Waals surface area contributed by atoms with E-state index in [-0.39, 0.29) is 0 Å². The molecule has 0 amide bonds. The maximum absolute atomic E-state index is 10.6. The van der Waals surface area contributed by atoms with Gasteiger partial charge in [-0.2, -0.15) is 0 Å². The second-order valence-corrected chi connectivity index (χ2v) is 5.14. The summed E-state index contributed by atoms with van der Waals surface area (Å²) in [5.74, 6) is 0.744. The quantitative estimate of drug-likeness (QED) is 0.887. The average Bonchev–Trinajstić information content (AvgIpc) is 2.30. The third kappa shape index (κ3) is 2.93. The minimum absolute atomic E-state index is 0.609. The highest BCUT2D eigenvalue weighted by Gasteiger charge is 2.31. The fraction of sp³-hybridized carbons (Fsp3) is 0.571. The third-order valence-corrected chi connectivity index (χ3v) is 3.62. The topological polar surface area (TPSA) is 29.5 Å². The van der Waals surface area contributed by atoms with Crippen LogP contribution in [-0.2, 0) is 5.60 Å². The van der Waals surface area contributed by atoms with E-state index in [4.69, 9.17) is 16.3 Å². The van der Waals surface area contributed by atoms with E-state index >= 15 is 0 Å². The molecule has 0 aromatic heterocycles. The van der Waals surface area contributed by atoms with Gasteiger partial charge in [0.15, 0.2) is 0 Å². The van der Waals surface area contributed by atoms with E-state index in [1.165, 1.54) is 6.42 Å². The van der Waals surface area contributed by atoms with Gasteiger partial charge in [-0.25, -0.2) is 0 Å². The number of halogens is 1. The average molecular weight is 255 g/mol. The Labute approximate surface area is 108 Å². The Balaban J connectivity index is 2.30. The Morgan fingerprint density at radius 3 is 2.59 bits per heavy atom. The lowest BCUT2D eigenvalue weighted by atomic mass is 9.80. The van der Waals surface area contributed by atoms with Gasteiger partial charge in [-0.05, 0) is 43.5 Å². The van der Waals surface area contributed by atoms with E-state index in [9.17, 15) is 5.11 Å². The van der Waals surface area contributed by atoms with Crippen LogP contribution >= 0.6 is 11.6 Å². The molecule has 3 heteroatoms. The number of aliphatic hydroxyl groups is 1. The Morgan fingerprint density at radius 1 is 1.24 bits per heavy atom. The van der Waals surface area contributed by atoms with E-state index in [0.29, 0.717) is 11.6 Å². The lowest BCUT2D eigenvalue weighted by Crippen LogP contribution is -2.28. The highest BCUT2D eigenvalue weighted by Crippen LogP contribution is 2.39. The van der Waals surface area contributed by atoms with Crippen LogP contribution < -0.4 is 4.74 Å². The van der Waals surface area contributed by atoms with Crippen molar-refractivity contribution < 1.29 is 9.84 Å². The molecule has 1 fully saturated rings. The second-order valence-electron chi connectivity index (χ2n) is 4.70. The Hall–Kier alpha value is -0.730. The molecule has 1 N–H and O–H groups in total. The number of ether oxygens (including phenoxy) is 1. The first-order valence-electron chi connectivity index (χ1n) is 6.30. The van der Waals surface area contributed by atoms with Crippen molar-refractivity contribution in [2.24, 2.45) is 0 Å². The molecule has 1 aromatic rings. The molecule has 0 radical (unpaired) electrons. The predicted molar refractivity (Wildman–Crippen MR) is 69.6 cm³/mol. The van der Waals surface area contributed by atoms with Crippen LogP contribution in [0.3, 0.4) is 0 Å². The molecule has 0 spiro atoms. The summed E-state index contributed by atoms with van der Waals surface area (Å²) in [5, 5.41) is 11.3. The summed E-state index contributed by atoms with van der Waals surface area (Å²) >= 11 is 6.08. The first-order chi connectivity index (χ1) is 8.14. The summed E-state index contributed by atoms with van der Waals surface area (Å²) in [6.07, 6.45) is 5.00. The van der Waals surface area contributed by atoms with Crippen LogP contribution in [0.4, 0.5) is 0 Å². The van der Waals surface area contributed by atoms with E-state index < -0.39 is 5.60 Å². The van der Waals surface area contributed by atoms with Crippen LogP contribution in [0.1, 0.15) is 44.6 Å². The standard InChI is InChI=1S/C14H19ClO2/c1-2-17-13-9-11(8-12(15)10-13)14(16)6-4-3-5-7-14/h8-10,16H,2-7H2,1H3. The van der Waals surface area contributed by atoms with Crippen molar-refractivity contribution in [3.63, 3.8) is 0 Å². The predicted octanol–water partition coefficient (Wildman–Crippen LogP) is 3.89. The Kier molecular flexibility index (Phi) is 3.95. The van der Waals surface area contributed by atoms with Crippen LogP contribution in [0.2, 0.25) is 5.02 Å². The van der Waals surface area contributed by atoms with Crippen molar-refractivity contribution in [2.75, 3.05) is 6.61 Å². The molecule has 1 aliphatic carbocycles. The summed E-state index contributed by atoms with van der Waals surface area (Å²) in [6, 6.07) is 5.57. The highest BCUT2D eigenvalue weighted by molar-refractivity contribution is 6.30. The summed E-state index contributed by atoms with van der Waals surface area (Å²) < 4.78 is 5.47. The second kappa shape index (κ2) is 5.28. The monoisotopic (exact) mass is 254 g/mol. The van der Waals surface area contributed by atoms with Gasteiger partial charge < -0.3 is 9.84 Å². The molecule has 1 aliphatic rings. The lowest BCUT2D eigenvalue weighted by molar-refractivity contribution is -0.000817. The molecule has 0 atom stereocenters. The summed E-state index contributed by atoms with van der Waals surface area (Å²) in [5.41, 5.74) is 0.183. The van der Waals surface area contributed by atoms with E-state index in [0.717, 1.165) is 37.0 Å². The lowest BCUT2D eigenvalue weighted by Gasteiger charge is -2.32. The zero-order valence-corrected chi connectivity index (χ0v) is 11.0. The highest BCUT2D eigenvalue weighted by atomic mass is 35.5. The minimum Gasteiger partial charge on any atom is -0.494 e. The SMILES string of the molecule is CCOc1cc(Cl)cc(C2(O)CCCCC2)c1. The minimum atomic E-state index is -0.713. The van der Waals surface area contributed by atoms with Crippen molar-refractivity contribution in [1.29, 1.82) is 0 Å². The van der Waals surface area contributed by atoms with E-state index in [1.807, 2.05) is 19.1 Å². The molecular formula is C14H19ClO2. The number of hydrogen-bond acceptors (Lipinski definition) is 2. The maximum Gasteiger partial charge on any atom is 0.121 e. The van der Waals surface area contributed by atoms with Gasteiger partial charge in [0.2, 0.25) is 0 Å². The first kappa shape index (κ1) is 12.7. The number of benzene rings is 1. The van der Waals surface area contributed by atoms with E-state index in [2.05, 4.69) is 0 Å². The molecule has 2 rings (SSSR count).